The summed E-state index contributed by atoms with van der Waals surface area (Å²) in [5.74, 6) is -1.22. The SMILES string of the molecule is COc1c(F)cc(Cl)c(F)c1C1CCNCC1. The van der Waals surface area contributed by atoms with Crippen LogP contribution >= 0.6 is 11.6 Å². The van der Waals surface area contributed by atoms with Crippen molar-refractivity contribution in [2.24, 2.45) is 0 Å². The van der Waals surface area contributed by atoms with Crippen molar-refractivity contribution in [3.05, 3.63) is 28.3 Å². The fourth-order valence-electron chi connectivity index (χ4n) is 2.28. The fourth-order valence-corrected chi connectivity index (χ4v) is 2.48. The Morgan fingerprint density at radius 1 is 1.35 bits per heavy atom. The van der Waals surface area contributed by atoms with E-state index in [0.717, 1.165) is 32.0 Å². The normalized spacial score (nSPS) is 17.2. The molecule has 1 aromatic rings. The van der Waals surface area contributed by atoms with Gasteiger partial charge < -0.3 is 10.1 Å². The van der Waals surface area contributed by atoms with Crippen LogP contribution in [-0.4, -0.2) is 20.2 Å². The van der Waals surface area contributed by atoms with E-state index in [9.17, 15) is 8.78 Å². The molecule has 0 aromatic heterocycles. The maximum atomic E-state index is 14.0. The third kappa shape index (κ3) is 2.38. The molecule has 94 valence electrons. The van der Waals surface area contributed by atoms with Crippen LogP contribution < -0.4 is 10.1 Å². The number of methoxy groups -OCH3 is 1. The van der Waals surface area contributed by atoms with Crippen LogP contribution in [0, 0.1) is 11.6 Å². The summed E-state index contributed by atoms with van der Waals surface area (Å²) >= 11 is 5.68. The first kappa shape index (κ1) is 12.6. The molecule has 1 aliphatic rings. The van der Waals surface area contributed by atoms with Crippen molar-refractivity contribution in [2.45, 2.75) is 18.8 Å². The van der Waals surface area contributed by atoms with E-state index >= 15 is 0 Å². The molecule has 0 amide bonds. The lowest BCUT2D eigenvalue weighted by Crippen LogP contribution is -2.27. The number of ether oxygens (including phenoxy) is 1. The zero-order valence-corrected chi connectivity index (χ0v) is 10.3. The molecule has 17 heavy (non-hydrogen) atoms. The Morgan fingerprint density at radius 2 is 2.00 bits per heavy atom. The van der Waals surface area contributed by atoms with Gasteiger partial charge in [-0.1, -0.05) is 11.6 Å². The lowest BCUT2D eigenvalue weighted by Gasteiger charge is -2.25. The van der Waals surface area contributed by atoms with Crippen molar-refractivity contribution in [3.63, 3.8) is 0 Å². The third-order valence-corrected chi connectivity index (χ3v) is 3.39. The van der Waals surface area contributed by atoms with E-state index in [2.05, 4.69) is 5.32 Å². The maximum absolute atomic E-state index is 14.0. The first-order chi connectivity index (χ1) is 8.15. The highest BCUT2D eigenvalue weighted by Crippen LogP contribution is 2.39. The molecule has 0 unspecified atom stereocenters. The van der Waals surface area contributed by atoms with Gasteiger partial charge in [0.15, 0.2) is 11.6 Å². The van der Waals surface area contributed by atoms with Crippen LogP contribution in [-0.2, 0) is 0 Å². The Hall–Kier alpha value is -0.870. The lowest BCUT2D eigenvalue weighted by molar-refractivity contribution is 0.359. The smallest absolute Gasteiger partial charge is 0.167 e. The molecule has 0 bridgehead atoms. The highest BCUT2D eigenvalue weighted by molar-refractivity contribution is 6.30. The number of hydrogen-bond donors (Lipinski definition) is 1. The molecule has 0 spiro atoms. The van der Waals surface area contributed by atoms with Crippen molar-refractivity contribution in [1.29, 1.82) is 0 Å². The molecule has 0 radical (unpaired) electrons. The van der Waals surface area contributed by atoms with Gasteiger partial charge in [0.05, 0.1) is 12.1 Å². The van der Waals surface area contributed by atoms with E-state index in [1.165, 1.54) is 7.11 Å². The Balaban J connectivity index is 2.48. The Bertz CT molecular complexity index is 419. The summed E-state index contributed by atoms with van der Waals surface area (Å²) in [6.45, 7) is 1.59. The Morgan fingerprint density at radius 3 is 2.59 bits per heavy atom. The van der Waals surface area contributed by atoms with Crippen LogP contribution in [0.5, 0.6) is 5.75 Å². The highest BCUT2D eigenvalue weighted by Gasteiger charge is 2.26. The van der Waals surface area contributed by atoms with Gasteiger partial charge in [0.1, 0.15) is 5.82 Å². The standard InChI is InChI=1S/C12H14ClF2NO/c1-17-12-9(14)6-8(13)11(15)10(12)7-2-4-16-5-3-7/h6-7,16H,2-5H2,1H3. The van der Waals surface area contributed by atoms with Crippen molar-refractivity contribution in [3.8, 4) is 5.75 Å². The minimum atomic E-state index is -0.604. The quantitative estimate of drug-likeness (QED) is 0.826. The van der Waals surface area contributed by atoms with Crippen LogP contribution in [0.1, 0.15) is 24.3 Å². The van der Waals surface area contributed by atoms with Gasteiger partial charge in [0, 0.05) is 5.56 Å². The number of benzene rings is 1. The largest absolute Gasteiger partial charge is 0.493 e. The number of halogens is 3. The second kappa shape index (κ2) is 5.19. The summed E-state index contributed by atoms with van der Waals surface area (Å²) in [6, 6.07) is 0.959. The third-order valence-electron chi connectivity index (χ3n) is 3.11. The molecule has 0 aliphatic carbocycles. The molecule has 1 N–H and O–H groups in total. The van der Waals surface area contributed by atoms with Crippen molar-refractivity contribution < 1.29 is 13.5 Å². The van der Waals surface area contributed by atoms with Gasteiger partial charge in [-0.05, 0) is 37.9 Å². The molecule has 1 aromatic carbocycles. The zero-order valence-electron chi connectivity index (χ0n) is 9.53. The van der Waals surface area contributed by atoms with Crippen LogP contribution in [0.4, 0.5) is 8.78 Å². The molecule has 1 saturated heterocycles. The van der Waals surface area contributed by atoms with Crippen LogP contribution in [0.3, 0.4) is 0 Å². The fraction of sp³-hybridized carbons (Fsp3) is 0.500. The maximum Gasteiger partial charge on any atom is 0.167 e. The summed E-state index contributed by atoms with van der Waals surface area (Å²) in [5, 5.41) is 3.00. The van der Waals surface area contributed by atoms with Gasteiger partial charge >= 0.3 is 0 Å². The molecular formula is C12H14ClF2NO. The minimum absolute atomic E-state index is 0.0150. The summed E-state index contributed by atoms with van der Waals surface area (Å²) in [5.41, 5.74) is 0.277. The van der Waals surface area contributed by atoms with Gasteiger partial charge in [0.2, 0.25) is 0 Å². The van der Waals surface area contributed by atoms with Crippen LogP contribution in [0.15, 0.2) is 6.07 Å². The minimum Gasteiger partial charge on any atom is -0.493 e. The molecule has 2 nitrogen and oxygen atoms in total. The van der Waals surface area contributed by atoms with E-state index in [4.69, 9.17) is 16.3 Å². The molecule has 0 saturated carbocycles. The molecule has 0 atom stereocenters. The molecule has 1 heterocycles. The average Bonchev–Trinajstić information content (AvgIpc) is 2.34. The van der Waals surface area contributed by atoms with E-state index in [0.29, 0.717) is 0 Å². The predicted molar refractivity (Wildman–Crippen MR) is 62.8 cm³/mol. The van der Waals surface area contributed by atoms with Gasteiger partial charge in [-0.25, -0.2) is 8.78 Å². The van der Waals surface area contributed by atoms with Crippen molar-refractivity contribution in [1.82, 2.24) is 5.32 Å². The van der Waals surface area contributed by atoms with Crippen LogP contribution in [0.25, 0.3) is 0 Å². The summed E-state index contributed by atoms with van der Waals surface area (Å²) in [7, 11) is 1.34. The summed E-state index contributed by atoms with van der Waals surface area (Å²) in [6.07, 6.45) is 1.51. The monoisotopic (exact) mass is 261 g/mol. The molecule has 1 fully saturated rings. The highest BCUT2D eigenvalue weighted by atomic mass is 35.5. The number of piperidine rings is 1. The van der Waals surface area contributed by atoms with E-state index < -0.39 is 11.6 Å². The zero-order chi connectivity index (χ0) is 12.4. The topological polar surface area (TPSA) is 21.3 Å². The second-order valence-electron chi connectivity index (χ2n) is 4.13. The number of hydrogen-bond acceptors (Lipinski definition) is 2. The lowest BCUT2D eigenvalue weighted by atomic mass is 9.89. The van der Waals surface area contributed by atoms with Crippen LogP contribution in [0.2, 0.25) is 5.02 Å². The van der Waals surface area contributed by atoms with E-state index in [1.54, 1.807) is 0 Å². The van der Waals surface area contributed by atoms with Gasteiger partial charge in [0.25, 0.3) is 0 Å². The average molecular weight is 262 g/mol. The summed E-state index contributed by atoms with van der Waals surface area (Å²) < 4.78 is 32.6. The van der Waals surface area contributed by atoms with Crippen molar-refractivity contribution >= 4 is 11.6 Å². The second-order valence-corrected chi connectivity index (χ2v) is 4.53. The van der Waals surface area contributed by atoms with Gasteiger partial charge in [-0.2, -0.15) is 0 Å². The summed E-state index contributed by atoms with van der Waals surface area (Å²) in [4.78, 5) is 0. The van der Waals surface area contributed by atoms with Gasteiger partial charge in [-0.15, -0.1) is 0 Å². The molecular weight excluding hydrogens is 248 g/mol. The Kier molecular flexibility index (Phi) is 3.84. The Labute approximate surface area is 104 Å². The number of nitrogens with one attached hydrogen (secondary N) is 1. The predicted octanol–water partition coefficient (Wildman–Crippen LogP) is 3.09. The van der Waals surface area contributed by atoms with Crippen molar-refractivity contribution in [2.75, 3.05) is 20.2 Å². The first-order valence-corrected chi connectivity index (χ1v) is 5.95. The van der Waals surface area contributed by atoms with Gasteiger partial charge in [-0.3, -0.25) is 0 Å². The molecule has 1 aliphatic heterocycles. The van der Waals surface area contributed by atoms with E-state index in [1.807, 2.05) is 0 Å². The first-order valence-electron chi connectivity index (χ1n) is 5.57. The molecule has 5 heteroatoms. The number of rotatable bonds is 2. The van der Waals surface area contributed by atoms with E-state index in [-0.39, 0.29) is 22.3 Å². The molecule has 2 rings (SSSR count).